The fourth-order valence-electron chi connectivity index (χ4n) is 2.85. The highest BCUT2D eigenvalue weighted by molar-refractivity contribution is 5.95. The quantitative estimate of drug-likeness (QED) is 0.571. The van der Waals surface area contributed by atoms with Crippen LogP contribution in [0.15, 0.2) is 30.3 Å². The molecule has 3 N–H and O–H groups in total. The first-order valence-corrected chi connectivity index (χ1v) is 9.33. The van der Waals surface area contributed by atoms with Crippen molar-refractivity contribution in [2.45, 2.75) is 65.8 Å². The second kappa shape index (κ2) is 12.9. The van der Waals surface area contributed by atoms with E-state index in [1.807, 2.05) is 19.9 Å². The van der Waals surface area contributed by atoms with Gasteiger partial charge in [-0.25, -0.2) is 0 Å². The van der Waals surface area contributed by atoms with Crippen LogP contribution in [0.4, 0.5) is 0 Å². The molecule has 0 aliphatic rings. The van der Waals surface area contributed by atoms with Gasteiger partial charge in [-0.1, -0.05) is 51.6 Å². The number of benzene rings is 1. The van der Waals surface area contributed by atoms with Crippen molar-refractivity contribution in [3.8, 4) is 0 Å². The predicted molar refractivity (Wildman–Crippen MR) is 111 cm³/mol. The molecule has 156 valence electrons. The molecule has 0 bridgehead atoms. The molecule has 1 aromatic rings. The summed E-state index contributed by atoms with van der Waals surface area (Å²) in [5.41, 5.74) is 6.12. The summed E-state index contributed by atoms with van der Waals surface area (Å²) in [6, 6.07) is 8.32. The molecular formula is C22H34N2O4. The molecule has 1 rings (SSSR count). The average molecular weight is 391 g/mol. The lowest BCUT2D eigenvalue weighted by Crippen LogP contribution is -2.44. The Hall–Kier alpha value is -2.34. The van der Waals surface area contributed by atoms with Crippen molar-refractivity contribution in [2.24, 2.45) is 11.7 Å². The Labute approximate surface area is 168 Å². The normalized spacial score (nSPS) is 12.6. The van der Waals surface area contributed by atoms with E-state index in [0.717, 1.165) is 0 Å². The number of amides is 1. The van der Waals surface area contributed by atoms with Gasteiger partial charge < -0.3 is 15.8 Å². The average Bonchev–Trinajstić information content (AvgIpc) is 2.63. The van der Waals surface area contributed by atoms with Crippen LogP contribution in [0.3, 0.4) is 0 Å². The largest absolute Gasteiger partial charge is 0.346 e. The summed E-state index contributed by atoms with van der Waals surface area (Å²) in [4.78, 5) is 48.4. The fourth-order valence-corrected chi connectivity index (χ4v) is 2.85. The van der Waals surface area contributed by atoms with Gasteiger partial charge in [0.25, 0.3) is 0 Å². The van der Waals surface area contributed by atoms with E-state index in [1.165, 1.54) is 6.92 Å². The lowest BCUT2D eigenvalue weighted by atomic mass is 9.91. The maximum absolute atomic E-state index is 12.9. The number of Topliss-reactive ketones (excluding diaryl/α,β-unsaturated/α-hetero) is 3. The number of hydrogen-bond acceptors (Lipinski definition) is 5. The molecule has 1 amide bonds. The third kappa shape index (κ3) is 9.04. The lowest BCUT2D eigenvalue weighted by Gasteiger charge is -2.23. The molecule has 0 fully saturated rings. The van der Waals surface area contributed by atoms with E-state index in [2.05, 4.69) is 5.32 Å². The SMILES string of the molecule is C.CC(=O)CCC(=O)C(CC(C)C)NC(=O)C(CC(=O)CN)c1ccccc1. The Morgan fingerprint density at radius 1 is 1.04 bits per heavy atom. The zero-order chi connectivity index (χ0) is 20.4. The summed E-state index contributed by atoms with van der Waals surface area (Å²) in [5.74, 6) is -1.32. The minimum absolute atomic E-state index is 0. The van der Waals surface area contributed by atoms with Crippen LogP contribution in [0, 0.1) is 5.92 Å². The van der Waals surface area contributed by atoms with Crippen LogP contribution < -0.4 is 11.1 Å². The van der Waals surface area contributed by atoms with E-state index in [0.29, 0.717) is 12.0 Å². The summed E-state index contributed by atoms with van der Waals surface area (Å²) in [7, 11) is 0. The molecule has 0 heterocycles. The maximum atomic E-state index is 12.9. The van der Waals surface area contributed by atoms with E-state index < -0.39 is 12.0 Å². The Morgan fingerprint density at radius 3 is 2.14 bits per heavy atom. The van der Waals surface area contributed by atoms with Crippen molar-refractivity contribution >= 4 is 23.3 Å². The molecule has 0 aliphatic carbocycles. The number of hydrogen-bond donors (Lipinski definition) is 2. The van der Waals surface area contributed by atoms with Crippen molar-refractivity contribution in [3.63, 3.8) is 0 Å². The number of ketones is 3. The number of nitrogens with two attached hydrogens (primary N) is 1. The van der Waals surface area contributed by atoms with Crippen LogP contribution in [0.2, 0.25) is 0 Å². The van der Waals surface area contributed by atoms with Crippen molar-refractivity contribution in [2.75, 3.05) is 6.54 Å². The van der Waals surface area contributed by atoms with Gasteiger partial charge in [-0.3, -0.25) is 14.4 Å². The van der Waals surface area contributed by atoms with Gasteiger partial charge in [0.2, 0.25) is 5.91 Å². The third-order valence-electron chi connectivity index (χ3n) is 4.31. The lowest BCUT2D eigenvalue weighted by molar-refractivity contribution is -0.131. The van der Waals surface area contributed by atoms with E-state index in [1.54, 1.807) is 24.3 Å². The molecule has 0 aliphatic heterocycles. The molecule has 2 unspecified atom stereocenters. The topological polar surface area (TPSA) is 106 Å². The highest BCUT2D eigenvalue weighted by Crippen LogP contribution is 2.21. The van der Waals surface area contributed by atoms with Gasteiger partial charge >= 0.3 is 0 Å². The zero-order valence-corrected chi connectivity index (χ0v) is 16.4. The highest BCUT2D eigenvalue weighted by Gasteiger charge is 2.28. The van der Waals surface area contributed by atoms with Gasteiger partial charge in [-0.2, -0.15) is 0 Å². The Kier molecular flexibility index (Phi) is 11.9. The van der Waals surface area contributed by atoms with Crippen molar-refractivity contribution in [1.82, 2.24) is 5.32 Å². The standard InChI is InChI=1S/C21H30N2O4.CH4/c1-14(2)11-19(20(26)10-9-15(3)24)23-21(27)18(12-17(25)13-22)16-7-5-4-6-8-16;/h4-8,14,18-19H,9-13,22H2,1-3H3,(H,23,27);1H4. The zero-order valence-electron chi connectivity index (χ0n) is 16.4. The molecule has 1 aromatic carbocycles. The smallest absolute Gasteiger partial charge is 0.228 e. The van der Waals surface area contributed by atoms with Gasteiger partial charge in [0.15, 0.2) is 5.78 Å². The van der Waals surface area contributed by atoms with Crippen LogP contribution in [0.5, 0.6) is 0 Å². The molecular weight excluding hydrogens is 356 g/mol. The van der Waals surface area contributed by atoms with E-state index in [4.69, 9.17) is 5.73 Å². The minimum Gasteiger partial charge on any atom is -0.346 e. The van der Waals surface area contributed by atoms with Crippen molar-refractivity contribution in [3.05, 3.63) is 35.9 Å². The van der Waals surface area contributed by atoms with E-state index in [-0.39, 0.29) is 62.4 Å². The molecule has 0 aromatic heterocycles. The Morgan fingerprint density at radius 2 is 1.64 bits per heavy atom. The first-order chi connectivity index (χ1) is 12.7. The van der Waals surface area contributed by atoms with Crippen molar-refractivity contribution < 1.29 is 19.2 Å². The van der Waals surface area contributed by atoms with Gasteiger partial charge in [-0.15, -0.1) is 0 Å². The molecule has 28 heavy (non-hydrogen) atoms. The van der Waals surface area contributed by atoms with Gasteiger partial charge in [0.1, 0.15) is 11.6 Å². The van der Waals surface area contributed by atoms with Crippen LogP contribution in [0.25, 0.3) is 0 Å². The van der Waals surface area contributed by atoms with Gasteiger partial charge in [0.05, 0.1) is 18.5 Å². The number of carbonyl (C=O) groups excluding carboxylic acids is 4. The number of nitrogens with one attached hydrogen (secondary N) is 1. The van der Waals surface area contributed by atoms with Crippen LogP contribution in [-0.2, 0) is 19.2 Å². The Balaban J connectivity index is 0.00000729. The molecule has 0 spiro atoms. The first kappa shape index (κ1) is 25.7. The summed E-state index contributed by atoms with van der Waals surface area (Å²) in [6.45, 7) is 5.23. The van der Waals surface area contributed by atoms with Crippen molar-refractivity contribution in [1.29, 1.82) is 0 Å². The number of rotatable bonds is 12. The molecule has 0 saturated heterocycles. The molecule has 2 atom stereocenters. The molecule has 0 radical (unpaired) electrons. The first-order valence-electron chi connectivity index (χ1n) is 9.33. The summed E-state index contributed by atoms with van der Waals surface area (Å²) >= 11 is 0. The molecule has 0 saturated carbocycles. The predicted octanol–water partition coefficient (Wildman–Crippen LogP) is 2.79. The molecule has 6 heteroatoms. The van der Waals surface area contributed by atoms with Gasteiger partial charge in [0, 0.05) is 19.3 Å². The Bertz CT molecular complexity index is 656. The fraction of sp³-hybridized carbons (Fsp3) is 0.545. The van der Waals surface area contributed by atoms with Gasteiger partial charge in [-0.05, 0) is 24.8 Å². The van der Waals surface area contributed by atoms with Crippen LogP contribution in [0.1, 0.15) is 65.4 Å². The maximum Gasteiger partial charge on any atom is 0.228 e. The van der Waals surface area contributed by atoms with E-state index >= 15 is 0 Å². The van der Waals surface area contributed by atoms with E-state index in [9.17, 15) is 19.2 Å². The highest BCUT2D eigenvalue weighted by atomic mass is 16.2. The summed E-state index contributed by atoms with van der Waals surface area (Å²) < 4.78 is 0. The summed E-state index contributed by atoms with van der Waals surface area (Å²) in [6.07, 6.45) is 0.735. The van der Waals surface area contributed by atoms with Crippen LogP contribution >= 0.6 is 0 Å². The summed E-state index contributed by atoms with van der Waals surface area (Å²) in [5, 5.41) is 2.81. The monoisotopic (exact) mass is 390 g/mol. The minimum atomic E-state index is -0.697. The second-order valence-electron chi connectivity index (χ2n) is 7.27. The van der Waals surface area contributed by atoms with Crippen LogP contribution in [-0.4, -0.2) is 35.8 Å². The third-order valence-corrected chi connectivity index (χ3v) is 4.31. The second-order valence-corrected chi connectivity index (χ2v) is 7.27. The molecule has 6 nitrogen and oxygen atoms in total. The number of carbonyl (C=O) groups is 4.